The first-order valence-corrected chi connectivity index (χ1v) is 13.8. The van der Waals surface area contributed by atoms with Crippen molar-refractivity contribution in [2.45, 2.75) is 64.3 Å². The average Bonchev–Trinajstić information content (AvgIpc) is 3.26. The maximum Gasteiger partial charge on any atom is 1.00 e. The van der Waals surface area contributed by atoms with Gasteiger partial charge in [0.2, 0.25) is 0 Å². The van der Waals surface area contributed by atoms with Crippen LogP contribution < -0.4 is 29.6 Å². The van der Waals surface area contributed by atoms with Crippen LogP contribution in [0.4, 0.5) is 18.4 Å². The first kappa shape index (κ1) is 40.5. The van der Waals surface area contributed by atoms with Gasteiger partial charge in [0.25, 0.3) is 0 Å². The summed E-state index contributed by atoms with van der Waals surface area (Å²) >= 11 is 0. The van der Waals surface area contributed by atoms with Crippen molar-refractivity contribution < 1.29 is 73.8 Å². The molecule has 0 aromatic heterocycles. The number of benzene rings is 2. The second-order valence-electron chi connectivity index (χ2n) is 9.55. The Bertz CT molecular complexity index is 1070. The zero-order valence-electron chi connectivity index (χ0n) is 25.9. The number of likely N-dealkylation sites (tertiary alicyclic amines) is 2. The van der Waals surface area contributed by atoms with E-state index in [-0.39, 0.29) is 78.7 Å². The van der Waals surface area contributed by atoms with Gasteiger partial charge in [0.15, 0.2) is 12.0 Å². The molecule has 2 aliphatic rings. The van der Waals surface area contributed by atoms with Crippen molar-refractivity contribution in [3.05, 3.63) is 71.8 Å². The van der Waals surface area contributed by atoms with Gasteiger partial charge in [-0.2, -0.15) is 0 Å². The largest absolute Gasteiger partial charge is 1.00 e. The third kappa shape index (κ3) is 15.7. The number of hydrogen-bond acceptors (Lipinski definition) is 7. The van der Waals surface area contributed by atoms with Crippen LogP contribution in [0, 0.1) is 0 Å². The topological polar surface area (TPSA) is 117 Å². The number of carbonyl (C=O) groups excluding carboxylic acids is 3. The van der Waals surface area contributed by atoms with E-state index in [1.165, 1.54) is 9.80 Å². The molecular weight excluding hydrogens is 572 g/mol. The van der Waals surface area contributed by atoms with Crippen LogP contribution in [0.25, 0.3) is 0 Å². The van der Waals surface area contributed by atoms with E-state index in [0.29, 0.717) is 32.4 Å². The molecule has 0 aliphatic carbocycles. The maximum absolute atomic E-state index is 13.5. The maximum atomic E-state index is 13.5. The number of ketones is 1. The minimum absolute atomic E-state index is 0. The van der Waals surface area contributed by atoms with Crippen molar-refractivity contribution >= 4 is 26.4 Å². The van der Waals surface area contributed by atoms with Crippen LogP contribution >= 0.6 is 0 Å². The van der Waals surface area contributed by atoms with Crippen LogP contribution in [-0.4, -0.2) is 97.6 Å². The van der Waals surface area contributed by atoms with Crippen molar-refractivity contribution in [1.82, 2.24) is 9.80 Å². The molecule has 0 saturated carbocycles. The SMILES string of the molecule is CCO.O=C(OCc1ccccc1)N1CCCC(O)C(F)C1.O=C1CCCN(C(=O)OCc2ccccc2)CC1F.[B].[H-].[Na+]. The summed E-state index contributed by atoms with van der Waals surface area (Å²) in [5.41, 5.74) is 1.76. The molecule has 2 aromatic carbocycles. The van der Waals surface area contributed by atoms with Gasteiger partial charge in [0.1, 0.15) is 19.4 Å². The molecule has 2 saturated heterocycles. The van der Waals surface area contributed by atoms with Crippen molar-refractivity contribution in [2.24, 2.45) is 0 Å². The molecule has 0 bridgehead atoms. The molecule has 2 fully saturated rings. The summed E-state index contributed by atoms with van der Waals surface area (Å²) in [6.07, 6.45) is -3.43. The number of aliphatic hydroxyl groups excluding tert-OH is 2. The van der Waals surface area contributed by atoms with Crippen LogP contribution in [0.15, 0.2) is 60.7 Å². The Kier molecular flexibility index (Phi) is 21.6. The summed E-state index contributed by atoms with van der Waals surface area (Å²) in [4.78, 5) is 37.4. The predicted octanol–water partition coefficient (Wildman–Crippen LogP) is 1.18. The van der Waals surface area contributed by atoms with Crippen molar-refractivity contribution in [3.63, 3.8) is 0 Å². The van der Waals surface area contributed by atoms with E-state index in [0.717, 1.165) is 11.1 Å². The Hall–Kier alpha value is -2.51. The van der Waals surface area contributed by atoms with Gasteiger partial charge in [-0.25, -0.2) is 18.4 Å². The molecule has 231 valence electrons. The molecule has 2 N–H and O–H groups in total. The van der Waals surface area contributed by atoms with Crippen LogP contribution in [0.5, 0.6) is 0 Å². The molecule has 4 rings (SSSR count). The monoisotopic (exact) mass is 613 g/mol. The summed E-state index contributed by atoms with van der Waals surface area (Å²) in [6, 6.07) is 18.6. The van der Waals surface area contributed by atoms with E-state index in [4.69, 9.17) is 14.6 Å². The molecule has 2 amide bonds. The van der Waals surface area contributed by atoms with E-state index >= 15 is 0 Å². The van der Waals surface area contributed by atoms with Crippen molar-refractivity contribution in [3.8, 4) is 0 Å². The third-order valence-corrected chi connectivity index (χ3v) is 6.25. The Labute approximate surface area is 277 Å². The normalized spacial score (nSPS) is 19.7. The Morgan fingerprint density at radius 1 is 0.884 bits per heavy atom. The number of alkyl halides is 2. The van der Waals surface area contributed by atoms with Gasteiger partial charge in [-0.05, 0) is 37.3 Å². The molecule has 3 radical (unpaired) electrons. The summed E-state index contributed by atoms with van der Waals surface area (Å²) in [7, 11) is 0. The number of nitrogens with zero attached hydrogens (tertiary/aromatic N) is 2. The molecule has 9 nitrogen and oxygen atoms in total. The van der Waals surface area contributed by atoms with E-state index in [2.05, 4.69) is 0 Å². The van der Waals surface area contributed by atoms with E-state index in [1.54, 1.807) is 6.92 Å². The summed E-state index contributed by atoms with van der Waals surface area (Å²) < 4.78 is 37.2. The molecular formula is C30H41BF2N2NaO7. The van der Waals surface area contributed by atoms with Gasteiger partial charge in [-0.15, -0.1) is 0 Å². The molecule has 13 heteroatoms. The predicted molar refractivity (Wildman–Crippen MR) is 155 cm³/mol. The van der Waals surface area contributed by atoms with Crippen LogP contribution in [0.2, 0.25) is 0 Å². The van der Waals surface area contributed by atoms with Crippen molar-refractivity contribution in [2.75, 3.05) is 32.8 Å². The van der Waals surface area contributed by atoms with E-state index in [9.17, 15) is 28.3 Å². The third-order valence-electron chi connectivity index (χ3n) is 6.25. The number of amides is 2. The fourth-order valence-electron chi connectivity index (χ4n) is 4.04. The minimum Gasteiger partial charge on any atom is -1.00 e. The van der Waals surface area contributed by atoms with E-state index < -0.39 is 36.4 Å². The number of Topliss-reactive ketones (excluding diaryl/α,β-unsaturated/α-hetero) is 1. The first-order valence-electron chi connectivity index (χ1n) is 13.8. The standard InChI is InChI=1S/C14H18FNO3.C14H16FNO3.C2H6O.B.Na.H/c2*15-12-9-16(8-4-7-13(12)17)14(18)19-10-11-5-2-1-3-6-11;1-2-3;;;/h1-3,5-6,12-13,17H,4,7-10H2;1-3,5-6,12H,4,7-10H2;3H,2H2,1H3;;;/q;;;;+1;-1. The molecule has 0 spiro atoms. The van der Waals surface area contributed by atoms with Gasteiger partial charge in [-0.1, -0.05) is 60.7 Å². The molecule has 3 unspecified atom stereocenters. The van der Waals surface area contributed by atoms with Gasteiger partial charge < -0.3 is 30.9 Å². The van der Waals surface area contributed by atoms with Crippen LogP contribution in [-0.2, 0) is 27.5 Å². The van der Waals surface area contributed by atoms with Gasteiger partial charge >= 0.3 is 41.7 Å². The second kappa shape index (κ2) is 23.0. The van der Waals surface area contributed by atoms with E-state index in [1.807, 2.05) is 60.7 Å². The molecule has 2 aliphatic heterocycles. The number of aliphatic hydroxyl groups is 2. The molecule has 3 atom stereocenters. The quantitative estimate of drug-likeness (QED) is 0.498. The zero-order chi connectivity index (χ0) is 30.0. The number of hydrogen-bond donors (Lipinski definition) is 2. The Morgan fingerprint density at radius 3 is 1.81 bits per heavy atom. The molecule has 2 heterocycles. The van der Waals surface area contributed by atoms with Crippen LogP contribution in [0.3, 0.4) is 0 Å². The smallest absolute Gasteiger partial charge is 1.00 e. The second-order valence-corrected chi connectivity index (χ2v) is 9.55. The number of carbonyl (C=O) groups is 3. The fraction of sp³-hybridized carbons (Fsp3) is 0.500. The summed E-state index contributed by atoms with van der Waals surface area (Å²) in [6.45, 7) is 2.74. The number of ether oxygens (including phenoxy) is 2. The molecule has 2 aromatic rings. The minimum atomic E-state index is -1.59. The van der Waals surface area contributed by atoms with Crippen LogP contribution in [0.1, 0.15) is 45.2 Å². The van der Waals surface area contributed by atoms with Gasteiger partial charge in [0, 0.05) is 34.5 Å². The van der Waals surface area contributed by atoms with Gasteiger partial charge in [0.05, 0.1) is 19.2 Å². The Balaban J connectivity index is 0. The number of rotatable bonds is 4. The Morgan fingerprint density at radius 2 is 1.33 bits per heavy atom. The number of halogens is 2. The van der Waals surface area contributed by atoms with Gasteiger partial charge in [-0.3, -0.25) is 4.79 Å². The zero-order valence-corrected chi connectivity index (χ0v) is 26.9. The summed E-state index contributed by atoms with van der Waals surface area (Å²) in [5.74, 6) is -0.432. The fourth-order valence-corrected chi connectivity index (χ4v) is 4.04. The summed E-state index contributed by atoms with van der Waals surface area (Å²) in [5, 5.41) is 17.0. The molecule has 43 heavy (non-hydrogen) atoms. The van der Waals surface area contributed by atoms with Crippen molar-refractivity contribution in [1.29, 1.82) is 0 Å². The average molecular weight is 613 g/mol. The first-order chi connectivity index (χ1) is 19.7.